The lowest BCUT2D eigenvalue weighted by Gasteiger charge is -2.27. The third kappa shape index (κ3) is 4.46. The third-order valence-corrected chi connectivity index (χ3v) is 4.01. The zero-order chi connectivity index (χ0) is 15.2. The standard InChI is InChI=1S/C17H26N2O2/c1-12(2)19-15-9-5-4-8-14(15)17(21)18-11-13-7-3-6-10-16(13)20/h4-5,8-9,12-13,16,19-20H,3,6-7,10-11H2,1-2H3,(H,18,21). The number of carbonyl (C=O) groups is 1. The Morgan fingerprint density at radius 1 is 1.29 bits per heavy atom. The number of anilines is 1. The van der Waals surface area contributed by atoms with Crippen LogP contribution in [0, 0.1) is 5.92 Å². The van der Waals surface area contributed by atoms with Gasteiger partial charge in [-0.15, -0.1) is 0 Å². The maximum absolute atomic E-state index is 12.4. The van der Waals surface area contributed by atoms with Crippen molar-refractivity contribution in [3.8, 4) is 0 Å². The topological polar surface area (TPSA) is 61.4 Å². The lowest BCUT2D eigenvalue weighted by molar-refractivity contribution is 0.0663. The highest BCUT2D eigenvalue weighted by Crippen LogP contribution is 2.24. The summed E-state index contributed by atoms with van der Waals surface area (Å²) in [4.78, 5) is 12.4. The van der Waals surface area contributed by atoms with Crippen LogP contribution in [-0.4, -0.2) is 29.7 Å². The molecule has 2 atom stereocenters. The Balaban J connectivity index is 1.96. The molecular weight excluding hydrogens is 264 g/mol. The molecule has 0 saturated heterocycles. The first-order chi connectivity index (χ1) is 10.1. The Labute approximate surface area is 126 Å². The Bertz CT molecular complexity index is 474. The summed E-state index contributed by atoms with van der Waals surface area (Å²) in [7, 11) is 0. The number of benzene rings is 1. The lowest BCUT2D eigenvalue weighted by atomic mass is 9.86. The molecule has 0 heterocycles. The van der Waals surface area contributed by atoms with Crippen LogP contribution < -0.4 is 10.6 Å². The highest BCUT2D eigenvalue weighted by Gasteiger charge is 2.23. The molecule has 2 rings (SSSR count). The number of hydrogen-bond acceptors (Lipinski definition) is 3. The van der Waals surface area contributed by atoms with Crippen LogP contribution in [0.15, 0.2) is 24.3 Å². The Kier molecular flexibility index (Phi) is 5.62. The summed E-state index contributed by atoms with van der Waals surface area (Å²) in [5.41, 5.74) is 1.52. The van der Waals surface area contributed by atoms with Crippen molar-refractivity contribution in [2.45, 2.75) is 51.7 Å². The molecule has 1 amide bonds. The van der Waals surface area contributed by atoms with Gasteiger partial charge in [-0.3, -0.25) is 4.79 Å². The van der Waals surface area contributed by atoms with Crippen LogP contribution in [0.1, 0.15) is 49.9 Å². The molecule has 1 aliphatic rings. The minimum Gasteiger partial charge on any atom is -0.393 e. The monoisotopic (exact) mass is 290 g/mol. The van der Waals surface area contributed by atoms with Crippen molar-refractivity contribution in [3.05, 3.63) is 29.8 Å². The number of nitrogens with one attached hydrogen (secondary N) is 2. The van der Waals surface area contributed by atoms with E-state index < -0.39 is 0 Å². The molecule has 2 unspecified atom stereocenters. The molecule has 1 aromatic rings. The number of carbonyl (C=O) groups excluding carboxylic acids is 1. The van der Waals surface area contributed by atoms with E-state index in [2.05, 4.69) is 10.6 Å². The number of aliphatic hydroxyl groups excluding tert-OH is 1. The van der Waals surface area contributed by atoms with E-state index in [0.29, 0.717) is 12.1 Å². The molecule has 0 aliphatic heterocycles. The van der Waals surface area contributed by atoms with Crippen molar-refractivity contribution in [3.63, 3.8) is 0 Å². The summed E-state index contributed by atoms with van der Waals surface area (Å²) in [5.74, 6) is 0.115. The van der Waals surface area contributed by atoms with Gasteiger partial charge in [-0.1, -0.05) is 25.0 Å². The van der Waals surface area contributed by atoms with E-state index in [4.69, 9.17) is 0 Å². The molecule has 1 fully saturated rings. The van der Waals surface area contributed by atoms with Crippen LogP contribution in [0.5, 0.6) is 0 Å². The summed E-state index contributed by atoms with van der Waals surface area (Å²) in [6.07, 6.45) is 3.80. The van der Waals surface area contributed by atoms with Crippen LogP contribution in [0.4, 0.5) is 5.69 Å². The van der Waals surface area contributed by atoms with Gasteiger partial charge in [0.05, 0.1) is 11.7 Å². The molecule has 0 bridgehead atoms. The number of aliphatic hydroxyl groups is 1. The fraction of sp³-hybridized carbons (Fsp3) is 0.588. The average Bonchev–Trinajstić information content (AvgIpc) is 2.46. The average molecular weight is 290 g/mol. The maximum atomic E-state index is 12.4. The Hall–Kier alpha value is -1.55. The van der Waals surface area contributed by atoms with E-state index >= 15 is 0 Å². The van der Waals surface area contributed by atoms with Gasteiger partial charge in [-0.05, 0) is 38.8 Å². The summed E-state index contributed by atoms with van der Waals surface area (Å²) in [5, 5.41) is 16.2. The van der Waals surface area contributed by atoms with Crippen LogP contribution in [0.25, 0.3) is 0 Å². The number of hydrogen-bond donors (Lipinski definition) is 3. The first-order valence-electron chi connectivity index (χ1n) is 7.89. The SMILES string of the molecule is CC(C)Nc1ccccc1C(=O)NCC1CCCCC1O. The second kappa shape index (κ2) is 7.46. The molecule has 3 N–H and O–H groups in total. The van der Waals surface area contributed by atoms with Gasteiger partial charge in [0.25, 0.3) is 5.91 Å². The van der Waals surface area contributed by atoms with Crippen molar-refractivity contribution in [1.82, 2.24) is 5.32 Å². The summed E-state index contributed by atoms with van der Waals surface area (Å²) in [6, 6.07) is 7.82. The second-order valence-electron chi connectivity index (χ2n) is 6.17. The van der Waals surface area contributed by atoms with E-state index in [0.717, 1.165) is 31.4 Å². The number of para-hydroxylation sites is 1. The van der Waals surface area contributed by atoms with Gasteiger partial charge in [-0.2, -0.15) is 0 Å². The number of rotatable bonds is 5. The van der Waals surface area contributed by atoms with Gasteiger partial charge in [0.2, 0.25) is 0 Å². The molecule has 1 saturated carbocycles. The van der Waals surface area contributed by atoms with Gasteiger partial charge in [0.1, 0.15) is 0 Å². The summed E-state index contributed by atoms with van der Waals surface area (Å²) < 4.78 is 0. The van der Waals surface area contributed by atoms with Gasteiger partial charge in [0.15, 0.2) is 0 Å². The molecule has 0 radical (unpaired) electrons. The molecule has 116 valence electrons. The van der Waals surface area contributed by atoms with Gasteiger partial charge < -0.3 is 15.7 Å². The highest BCUT2D eigenvalue weighted by molar-refractivity contribution is 5.99. The molecule has 4 nitrogen and oxygen atoms in total. The summed E-state index contributed by atoms with van der Waals surface area (Å²) in [6.45, 7) is 4.65. The van der Waals surface area contributed by atoms with Crippen molar-refractivity contribution >= 4 is 11.6 Å². The van der Waals surface area contributed by atoms with E-state index in [9.17, 15) is 9.90 Å². The maximum Gasteiger partial charge on any atom is 0.253 e. The van der Waals surface area contributed by atoms with Crippen molar-refractivity contribution in [1.29, 1.82) is 0 Å². The minimum absolute atomic E-state index is 0.0727. The van der Waals surface area contributed by atoms with Crippen molar-refractivity contribution in [2.75, 3.05) is 11.9 Å². The normalized spacial score (nSPS) is 22.1. The highest BCUT2D eigenvalue weighted by atomic mass is 16.3. The fourth-order valence-electron chi connectivity index (χ4n) is 2.86. The zero-order valence-electron chi connectivity index (χ0n) is 12.9. The quantitative estimate of drug-likeness (QED) is 0.781. The molecule has 1 aromatic carbocycles. The summed E-state index contributed by atoms with van der Waals surface area (Å²) >= 11 is 0. The van der Waals surface area contributed by atoms with E-state index in [1.54, 1.807) is 0 Å². The number of amides is 1. The van der Waals surface area contributed by atoms with E-state index in [-0.39, 0.29) is 24.0 Å². The predicted octanol–water partition coefficient (Wildman–Crippen LogP) is 2.79. The predicted molar refractivity (Wildman–Crippen MR) is 85.5 cm³/mol. The van der Waals surface area contributed by atoms with Gasteiger partial charge in [-0.25, -0.2) is 0 Å². The van der Waals surface area contributed by atoms with E-state index in [1.807, 2.05) is 38.1 Å². The molecule has 0 spiro atoms. The van der Waals surface area contributed by atoms with E-state index in [1.165, 1.54) is 0 Å². The largest absolute Gasteiger partial charge is 0.393 e. The van der Waals surface area contributed by atoms with Gasteiger partial charge >= 0.3 is 0 Å². The van der Waals surface area contributed by atoms with Crippen LogP contribution >= 0.6 is 0 Å². The zero-order valence-corrected chi connectivity index (χ0v) is 12.9. The first kappa shape index (κ1) is 15.8. The molecule has 4 heteroatoms. The van der Waals surface area contributed by atoms with Crippen LogP contribution in [0.2, 0.25) is 0 Å². The molecular formula is C17H26N2O2. The first-order valence-corrected chi connectivity index (χ1v) is 7.89. The smallest absolute Gasteiger partial charge is 0.253 e. The minimum atomic E-state index is -0.275. The third-order valence-electron chi connectivity index (χ3n) is 4.01. The second-order valence-corrected chi connectivity index (χ2v) is 6.17. The van der Waals surface area contributed by atoms with Crippen molar-refractivity contribution < 1.29 is 9.90 Å². The van der Waals surface area contributed by atoms with Gasteiger partial charge in [0, 0.05) is 24.2 Å². The molecule has 21 heavy (non-hydrogen) atoms. The lowest BCUT2D eigenvalue weighted by Crippen LogP contribution is -2.37. The molecule has 0 aromatic heterocycles. The van der Waals surface area contributed by atoms with Crippen molar-refractivity contribution in [2.24, 2.45) is 5.92 Å². The Morgan fingerprint density at radius 2 is 2.00 bits per heavy atom. The molecule has 1 aliphatic carbocycles. The van der Waals surface area contributed by atoms with Crippen LogP contribution in [-0.2, 0) is 0 Å². The fourth-order valence-corrected chi connectivity index (χ4v) is 2.86. The van der Waals surface area contributed by atoms with Crippen LogP contribution in [0.3, 0.4) is 0 Å². The Morgan fingerprint density at radius 3 is 2.71 bits per heavy atom.